The second kappa shape index (κ2) is 9.57. The SMILES string of the molecule is Cc1cc(CN=C(NCc2nnc(C)n2C)NCC2CCCO2)ccc1S(C)(=O)=O. The molecule has 1 fully saturated rings. The van der Waals surface area contributed by atoms with Gasteiger partial charge in [-0.15, -0.1) is 10.2 Å². The Labute approximate surface area is 177 Å². The van der Waals surface area contributed by atoms with Crippen molar-refractivity contribution in [1.82, 2.24) is 25.4 Å². The number of aromatic nitrogens is 3. The predicted octanol–water partition coefficient (Wildman–Crippen LogP) is 1.25. The van der Waals surface area contributed by atoms with Crippen LogP contribution in [0.2, 0.25) is 0 Å². The molecule has 1 aromatic heterocycles. The van der Waals surface area contributed by atoms with E-state index in [1.165, 1.54) is 6.26 Å². The highest BCUT2D eigenvalue weighted by atomic mass is 32.2. The highest BCUT2D eigenvalue weighted by Crippen LogP contribution is 2.17. The van der Waals surface area contributed by atoms with Gasteiger partial charge in [0, 0.05) is 26.5 Å². The number of rotatable bonds is 7. The lowest BCUT2D eigenvalue weighted by Crippen LogP contribution is -2.41. The van der Waals surface area contributed by atoms with E-state index in [2.05, 4.69) is 25.8 Å². The Balaban J connectivity index is 1.70. The van der Waals surface area contributed by atoms with Crippen LogP contribution < -0.4 is 10.6 Å². The summed E-state index contributed by atoms with van der Waals surface area (Å²) < 4.78 is 31.2. The molecule has 9 nitrogen and oxygen atoms in total. The van der Waals surface area contributed by atoms with E-state index in [0.29, 0.717) is 30.5 Å². The molecule has 30 heavy (non-hydrogen) atoms. The first-order chi connectivity index (χ1) is 14.2. The summed E-state index contributed by atoms with van der Waals surface area (Å²) in [5.74, 6) is 2.31. The van der Waals surface area contributed by atoms with Crippen molar-refractivity contribution < 1.29 is 13.2 Å². The molecule has 1 aromatic carbocycles. The maximum Gasteiger partial charge on any atom is 0.192 e. The molecule has 1 atom stereocenters. The van der Waals surface area contributed by atoms with Crippen LogP contribution in [0.1, 0.15) is 35.6 Å². The van der Waals surface area contributed by atoms with Crippen LogP contribution in [0.3, 0.4) is 0 Å². The maximum absolute atomic E-state index is 11.8. The summed E-state index contributed by atoms with van der Waals surface area (Å²) in [7, 11) is -1.30. The third-order valence-electron chi connectivity index (χ3n) is 5.18. The summed E-state index contributed by atoms with van der Waals surface area (Å²) in [5, 5.41) is 14.9. The number of guanidine groups is 1. The average molecular weight is 435 g/mol. The van der Waals surface area contributed by atoms with Gasteiger partial charge in [0.25, 0.3) is 0 Å². The molecule has 2 aromatic rings. The van der Waals surface area contributed by atoms with Gasteiger partial charge < -0.3 is 19.9 Å². The third-order valence-corrected chi connectivity index (χ3v) is 6.43. The van der Waals surface area contributed by atoms with Gasteiger partial charge in [-0.2, -0.15) is 0 Å². The molecular formula is C20H30N6O3S. The van der Waals surface area contributed by atoms with E-state index in [0.717, 1.165) is 42.2 Å². The zero-order valence-electron chi connectivity index (χ0n) is 18.0. The smallest absolute Gasteiger partial charge is 0.192 e. The topological polar surface area (TPSA) is 110 Å². The van der Waals surface area contributed by atoms with Gasteiger partial charge in [-0.25, -0.2) is 13.4 Å². The Bertz CT molecular complexity index is 1010. The highest BCUT2D eigenvalue weighted by Gasteiger charge is 2.16. The first kappa shape index (κ1) is 22.2. The summed E-state index contributed by atoms with van der Waals surface area (Å²) in [6.45, 7) is 6.09. The van der Waals surface area contributed by atoms with Gasteiger partial charge in [0.2, 0.25) is 0 Å². The molecule has 0 radical (unpaired) electrons. The van der Waals surface area contributed by atoms with Crippen LogP contribution in [0, 0.1) is 13.8 Å². The minimum Gasteiger partial charge on any atom is -0.376 e. The van der Waals surface area contributed by atoms with Gasteiger partial charge in [-0.05, 0) is 43.9 Å². The number of hydrogen-bond donors (Lipinski definition) is 2. The first-order valence-corrected chi connectivity index (χ1v) is 11.9. The van der Waals surface area contributed by atoms with Crippen LogP contribution in [0.15, 0.2) is 28.1 Å². The van der Waals surface area contributed by atoms with E-state index in [1.807, 2.05) is 24.6 Å². The van der Waals surface area contributed by atoms with E-state index in [9.17, 15) is 8.42 Å². The second-order valence-corrected chi connectivity index (χ2v) is 9.61. The molecule has 3 rings (SSSR count). The van der Waals surface area contributed by atoms with Crippen molar-refractivity contribution in [1.29, 1.82) is 0 Å². The quantitative estimate of drug-likeness (QED) is 0.498. The van der Waals surface area contributed by atoms with Crippen molar-refractivity contribution in [2.45, 2.75) is 50.8 Å². The number of nitrogens with zero attached hydrogens (tertiary/aromatic N) is 4. The average Bonchev–Trinajstić information content (AvgIpc) is 3.31. The van der Waals surface area contributed by atoms with Crippen LogP contribution >= 0.6 is 0 Å². The molecule has 1 saturated heterocycles. The minimum absolute atomic E-state index is 0.186. The zero-order chi connectivity index (χ0) is 21.7. The normalized spacial score (nSPS) is 17.3. The third kappa shape index (κ3) is 5.79. The van der Waals surface area contributed by atoms with Crippen LogP contribution in [0.25, 0.3) is 0 Å². The monoisotopic (exact) mass is 434 g/mol. The molecular weight excluding hydrogens is 404 g/mol. The second-order valence-electron chi connectivity index (χ2n) is 7.63. The largest absolute Gasteiger partial charge is 0.376 e. The number of sulfone groups is 1. The fraction of sp³-hybridized carbons (Fsp3) is 0.550. The Morgan fingerprint density at radius 1 is 1.30 bits per heavy atom. The van der Waals surface area contributed by atoms with Crippen LogP contribution in [-0.2, 0) is 34.7 Å². The molecule has 164 valence electrons. The lowest BCUT2D eigenvalue weighted by atomic mass is 10.1. The molecule has 0 saturated carbocycles. The maximum atomic E-state index is 11.8. The molecule has 1 aliphatic rings. The molecule has 1 unspecified atom stereocenters. The van der Waals surface area contributed by atoms with Gasteiger partial charge in [0.15, 0.2) is 21.6 Å². The van der Waals surface area contributed by atoms with Gasteiger partial charge in [0.1, 0.15) is 5.82 Å². The van der Waals surface area contributed by atoms with Gasteiger partial charge in [-0.1, -0.05) is 12.1 Å². The molecule has 0 bridgehead atoms. The van der Waals surface area contributed by atoms with Crippen molar-refractivity contribution in [3.05, 3.63) is 41.0 Å². The first-order valence-electron chi connectivity index (χ1n) is 10.0. The number of nitrogens with one attached hydrogen (secondary N) is 2. The van der Waals surface area contributed by atoms with Crippen molar-refractivity contribution in [3.8, 4) is 0 Å². The van der Waals surface area contributed by atoms with E-state index >= 15 is 0 Å². The summed E-state index contributed by atoms with van der Waals surface area (Å²) in [6, 6.07) is 5.31. The predicted molar refractivity (Wildman–Crippen MR) is 115 cm³/mol. The van der Waals surface area contributed by atoms with Crippen molar-refractivity contribution in [2.75, 3.05) is 19.4 Å². The molecule has 10 heteroatoms. The summed E-state index contributed by atoms with van der Waals surface area (Å²) >= 11 is 0. The van der Waals surface area contributed by atoms with Crippen molar-refractivity contribution >= 4 is 15.8 Å². The van der Waals surface area contributed by atoms with E-state index < -0.39 is 9.84 Å². The number of aryl methyl sites for hydroxylation is 2. The summed E-state index contributed by atoms with van der Waals surface area (Å²) in [6.07, 6.45) is 3.52. The minimum atomic E-state index is -3.23. The number of ether oxygens (including phenoxy) is 1. The summed E-state index contributed by atoms with van der Waals surface area (Å²) in [4.78, 5) is 5.02. The van der Waals surface area contributed by atoms with E-state index in [1.54, 1.807) is 19.1 Å². The molecule has 0 amide bonds. The molecule has 2 N–H and O–H groups in total. The van der Waals surface area contributed by atoms with Gasteiger partial charge in [-0.3, -0.25) is 0 Å². The number of aliphatic imine (C=N–C) groups is 1. The fourth-order valence-electron chi connectivity index (χ4n) is 3.35. The molecule has 0 aliphatic carbocycles. The fourth-order valence-corrected chi connectivity index (χ4v) is 4.31. The Hall–Kier alpha value is -2.46. The lowest BCUT2D eigenvalue weighted by molar-refractivity contribution is 0.113. The Morgan fingerprint density at radius 3 is 2.70 bits per heavy atom. The van der Waals surface area contributed by atoms with Crippen LogP contribution in [0.5, 0.6) is 0 Å². The van der Waals surface area contributed by atoms with E-state index in [4.69, 9.17) is 4.74 Å². The Morgan fingerprint density at radius 2 is 2.10 bits per heavy atom. The summed E-state index contributed by atoms with van der Waals surface area (Å²) in [5.41, 5.74) is 1.66. The van der Waals surface area contributed by atoms with Crippen molar-refractivity contribution in [3.63, 3.8) is 0 Å². The van der Waals surface area contributed by atoms with E-state index in [-0.39, 0.29) is 6.10 Å². The lowest BCUT2D eigenvalue weighted by Gasteiger charge is -2.15. The molecule has 2 heterocycles. The standard InChI is InChI=1S/C20H30N6O3S/c1-14-10-16(7-8-18(14)30(4,27)28)11-21-20(22-12-17-6-5-9-29-17)23-13-19-25-24-15(2)26(19)3/h7-8,10,17H,5-6,9,11-13H2,1-4H3,(H2,21,22,23). The Kier molecular flexibility index (Phi) is 7.09. The van der Waals surface area contributed by atoms with Gasteiger partial charge in [0.05, 0.1) is 24.1 Å². The molecule has 1 aliphatic heterocycles. The molecule has 0 spiro atoms. The van der Waals surface area contributed by atoms with Gasteiger partial charge >= 0.3 is 0 Å². The number of benzene rings is 1. The van der Waals surface area contributed by atoms with Crippen molar-refractivity contribution in [2.24, 2.45) is 12.0 Å². The zero-order valence-corrected chi connectivity index (χ0v) is 18.8. The number of hydrogen-bond acceptors (Lipinski definition) is 6. The highest BCUT2D eigenvalue weighted by molar-refractivity contribution is 7.90. The van der Waals surface area contributed by atoms with Crippen LogP contribution in [0.4, 0.5) is 0 Å². The van der Waals surface area contributed by atoms with Crippen LogP contribution in [-0.4, -0.2) is 54.7 Å².